The van der Waals surface area contributed by atoms with Crippen molar-refractivity contribution in [3.63, 3.8) is 0 Å². The SMILES string of the molecule is Nc1cc(Nc2ccc3c(ccn3C(=O)N3CCCC3)c2)ncn1. The highest BCUT2D eigenvalue weighted by atomic mass is 16.2. The Kier molecular flexibility index (Phi) is 3.53. The van der Waals surface area contributed by atoms with Gasteiger partial charge in [0.2, 0.25) is 0 Å². The Balaban J connectivity index is 1.61. The number of carbonyl (C=O) groups excluding carboxylic acids is 1. The summed E-state index contributed by atoms with van der Waals surface area (Å²) in [6, 6.07) is 9.52. The molecule has 1 aromatic carbocycles. The molecule has 1 fully saturated rings. The molecule has 1 aliphatic heterocycles. The Hall–Kier alpha value is -3.09. The summed E-state index contributed by atoms with van der Waals surface area (Å²) in [5.74, 6) is 1.05. The number of nitrogen functional groups attached to an aromatic ring is 1. The fraction of sp³-hybridized carbons (Fsp3) is 0.235. The first-order chi connectivity index (χ1) is 11.7. The Morgan fingerprint density at radius 1 is 1.12 bits per heavy atom. The zero-order valence-electron chi connectivity index (χ0n) is 13.1. The predicted octanol–water partition coefficient (Wildman–Crippen LogP) is 2.82. The molecule has 0 bridgehead atoms. The van der Waals surface area contributed by atoms with Gasteiger partial charge in [-0.3, -0.25) is 4.57 Å². The van der Waals surface area contributed by atoms with Gasteiger partial charge in [-0.05, 0) is 37.1 Å². The second kappa shape index (κ2) is 5.84. The molecule has 0 aliphatic carbocycles. The molecule has 1 saturated heterocycles. The third-order valence-corrected chi connectivity index (χ3v) is 4.23. The molecular weight excluding hydrogens is 304 g/mol. The Labute approximate surface area is 139 Å². The lowest BCUT2D eigenvalue weighted by atomic mass is 10.2. The smallest absolute Gasteiger partial charge is 0.328 e. The van der Waals surface area contributed by atoms with Crippen molar-refractivity contribution < 1.29 is 4.79 Å². The van der Waals surface area contributed by atoms with Gasteiger partial charge in [-0.15, -0.1) is 0 Å². The molecule has 7 heteroatoms. The monoisotopic (exact) mass is 322 g/mol. The molecule has 7 nitrogen and oxygen atoms in total. The van der Waals surface area contributed by atoms with Crippen LogP contribution in [0.1, 0.15) is 12.8 Å². The van der Waals surface area contributed by atoms with Crippen molar-refractivity contribution in [2.75, 3.05) is 24.1 Å². The maximum Gasteiger partial charge on any atom is 0.328 e. The van der Waals surface area contributed by atoms with E-state index in [9.17, 15) is 4.79 Å². The molecule has 0 radical (unpaired) electrons. The minimum absolute atomic E-state index is 0.0479. The number of anilines is 3. The molecule has 3 heterocycles. The van der Waals surface area contributed by atoms with Crippen LogP contribution in [-0.4, -0.2) is 38.6 Å². The molecule has 1 amide bonds. The number of amides is 1. The second-order valence-corrected chi connectivity index (χ2v) is 5.89. The average Bonchev–Trinajstić information content (AvgIpc) is 3.24. The first-order valence-corrected chi connectivity index (χ1v) is 7.96. The average molecular weight is 322 g/mol. The van der Waals surface area contributed by atoms with Crippen LogP contribution in [0, 0.1) is 0 Å². The molecule has 3 aromatic rings. The van der Waals surface area contributed by atoms with Crippen LogP contribution in [0.4, 0.5) is 22.1 Å². The van der Waals surface area contributed by atoms with Crippen LogP contribution in [0.3, 0.4) is 0 Å². The molecule has 1 aliphatic rings. The van der Waals surface area contributed by atoms with Crippen LogP contribution in [0.5, 0.6) is 0 Å². The van der Waals surface area contributed by atoms with Gasteiger partial charge >= 0.3 is 6.03 Å². The fourth-order valence-electron chi connectivity index (χ4n) is 3.04. The largest absolute Gasteiger partial charge is 0.384 e. The molecule has 0 spiro atoms. The van der Waals surface area contributed by atoms with E-state index in [2.05, 4.69) is 15.3 Å². The third kappa shape index (κ3) is 2.64. The van der Waals surface area contributed by atoms with Gasteiger partial charge in [-0.25, -0.2) is 14.8 Å². The van der Waals surface area contributed by atoms with Gasteiger partial charge in [-0.2, -0.15) is 0 Å². The summed E-state index contributed by atoms with van der Waals surface area (Å²) in [5.41, 5.74) is 7.45. The second-order valence-electron chi connectivity index (χ2n) is 5.89. The highest BCUT2D eigenvalue weighted by Crippen LogP contribution is 2.24. The number of rotatable bonds is 2. The van der Waals surface area contributed by atoms with E-state index in [-0.39, 0.29) is 6.03 Å². The van der Waals surface area contributed by atoms with Crippen LogP contribution in [0.25, 0.3) is 10.9 Å². The molecule has 2 aromatic heterocycles. The summed E-state index contributed by atoms with van der Waals surface area (Å²) in [5, 5.41) is 4.19. The van der Waals surface area contributed by atoms with E-state index in [1.165, 1.54) is 6.33 Å². The fourth-order valence-corrected chi connectivity index (χ4v) is 3.04. The molecule has 24 heavy (non-hydrogen) atoms. The Morgan fingerprint density at radius 3 is 2.75 bits per heavy atom. The number of nitrogens with two attached hydrogens (primary N) is 1. The zero-order valence-corrected chi connectivity index (χ0v) is 13.1. The van der Waals surface area contributed by atoms with Gasteiger partial charge < -0.3 is 16.0 Å². The van der Waals surface area contributed by atoms with Gasteiger partial charge in [-0.1, -0.05) is 0 Å². The molecule has 0 saturated carbocycles. The molecule has 0 unspecified atom stereocenters. The third-order valence-electron chi connectivity index (χ3n) is 4.23. The highest BCUT2D eigenvalue weighted by molar-refractivity contribution is 5.93. The first-order valence-electron chi connectivity index (χ1n) is 7.96. The summed E-state index contributed by atoms with van der Waals surface area (Å²) in [6.07, 6.45) is 5.42. The van der Waals surface area contributed by atoms with E-state index in [0.29, 0.717) is 11.6 Å². The summed E-state index contributed by atoms with van der Waals surface area (Å²) in [6.45, 7) is 1.68. The van der Waals surface area contributed by atoms with Crippen LogP contribution in [0.15, 0.2) is 42.9 Å². The lowest BCUT2D eigenvalue weighted by molar-refractivity contribution is 0.211. The number of hydrogen-bond donors (Lipinski definition) is 2. The lowest BCUT2D eigenvalue weighted by Gasteiger charge is -2.16. The maximum atomic E-state index is 12.6. The van der Waals surface area contributed by atoms with E-state index in [1.807, 2.05) is 35.4 Å². The number of hydrogen-bond acceptors (Lipinski definition) is 5. The summed E-state index contributed by atoms with van der Waals surface area (Å²) >= 11 is 0. The number of aromatic nitrogens is 3. The minimum Gasteiger partial charge on any atom is -0.384 e. The quantitative estimate of drug-likeness (QED) is 0.757. The molecule has 3 N–H and O–H groups in total. The van der Waals surface area contributed by atoms with E-state index in [1.54, 1.807) is 10.6 Å². The van der Waals surface area contributed by atoms with Gasteiger partial charge in [0.05, 0.1) is 5.52 Å². The van der Waals surface area contributed by atoms with E-state index < -0.39 is 0 Å². The van der Waals surface area contributed by atoms with Crippen molar-refractivity contribution >= 4 is 34.3 Å². The summed E-state index contributed by atoms with van der Waals surface area (Å²) < 4.78 is 1.72. The molecular formula is C17H18N6O. The van der Waals surface area contributed by atoms with E-state index in [4.69, 9.17) is 5.73 Å². The van der Waals surface area contributed by atoms with E-state index in [0.717, 1.165) is 42.5 Å². The van der Waals surface area contributed by atoms with Crippen molar-refractivity contribution in [3.8, 4) is 0 Å². The lowest BCUT2D eigenvalue weighted by Crippen LogP contribution is -2.31. The van der Waals surface area contributed by atoms with Crippen LogP contribution in [-0.2, 0) is 0 Å². The van der Waals surface area contributed by atoms with Gasteiger partial charge in [0, 0.05) is 36.4 Å². The first kappa shape index (κ1) is 14.5. The number of benzene rings is 1. The standard InChI is InChI=1S/C17H18N6O/c18-15-10-16(20-11-19-15)21-13-3-4-14-12(9-13)5-8-23(14)17(24)22-6-1-2-7-22/h3-5,8-11H,1-2,6-7H2,(H3,18,19,20,21). The Bertz CT molecular complexity index is 897. The molecule has 122 valence electrons. The van der Waals surface area contributed by atoms with Crippen LogP contribution >= 0.6 is 0 Å². The topological polar surface area (TPSA) is 89.1 Å². The minimum atomic E-state index is 0.0479. The van der Waals surface area contributed by atoms with Crippen molar-refractivity contribution in [2.45, 2.75) is 12.8 Å². The number of fused-ring (bicyclic) bond motifs is 1. The van der Waals surface area contributed by atoms with Crippen LogP contribution < -0.4 is 11.1 Å². The van der Waals surface area contributed by atoms with Gasteiger partial charge in [0.25, 0.3) is 0 Å². The maximum absolute atomic E-state index is 12.6. The van der Waals surface area contributed by atoms with Crippen molar-refractivity contribution in [1.29, 1.82) is 0 Å². The number of nitrogens with zero attached hydrogens (tertiary/aromatic N) is 4. The van der Waals surface area contributed by atoms with Gasteiger partial charge in [0.15, 0.2) is 0 Å². The van der Waals surface area contributed by atoms with Crippen molar-refractivity contribution in [1.82, 2.24) is 19.4 Å². The number of nitrogens with one attached hydrogen (secondary N) is 1. The van der Waals surface area contributed by atoms with Crippen molar-refractivity contribution in [2.24, 2.45) is 0 Å². The van der Waals surface area contributed by atoms with Crippen molar-refractivity contribution in [3.05, 3.63) is 42.9 Å². The number of likely N-dealkylation sites (tertiary alicyclic amines) is 1. The normalized spacial score (nSPS) is 14.2. The Morgan fingerprint density at radius 2 is 1.96 bits per heavy atom. The summed E-state index contributed by atoms with van der Waals surface area (Å²) in [7, 11) is 0. The molecule has 0 atom stereocenters. The zero-order chi connectivity index (χ0) is 16.5. The molecule has 4 rings (SSSR count). The predicted molar refractivity (Wildman–Crippen MR) is 93.3 cm³/mol. The highest BCUT2D eigenvalue weighted by Gasteiger charge is 2.20. The van der Waals surface area contributed by atoms with Crippen LogP contribution in [0.2, 0.25) is 0 Å². The van der Waals surface area contributed by atoms with Gasteiger partial charge in [0.1, 0.15) is 18.0 Å². The summed E-state index contributed by atoms with van der Waals surface area (Å²) in [4.78, 5) is 22.5. The van der Waals surface area contributed by atoms with E-state index >= 15 is 0 Å². The number of carbonyl (C=O) groups is 1.